The second-order valence-corrected chi connectivity index (χ2v) is 9.07. The summed E-state index contributed by atoms with van der Waals surface area (Å²) in [5.74, 6) is 0. The maximum absolute atomic E-state index is 6.56. The van der Waals surface area contributed by atoms with Gasteiger partial charge in [-0.3, -0.25) is 0 Å². The zero-order valence-electron chi connectivity index (χ0n) is 14.4. The average Bonchev–Trinajstić information content (AvgIpc) is 2.56. The molecule has 0 N–H and O–H groups in total. The fourth-order valence-corrected chi connectivity index (χ4v) is 7.30. The van der Waals surface area contributed by atoms with E-state index in [0.717, 1.165) is 10.6 Å². The van der Waals surface area contributed by atoms with Crippen LogP contribution in [0.2, 0.25) is 0 Å². The molecule has 0 fully saturated rings. The molecule has 3 nitrogen and oxygen atoms in total. The van der Waals surface area contributed by atoms with Crippen LogP contribution in [-0.2, 0) is 13.6 Å². The molecule has 0 atom stereocenters. The van der Waals surface area contributed by atoms with Crippen LogP contribution in [0.25, 0.3) is 0 Å². The maximum atomic E-state index is 6.56. The molecule has 0 aliphatic rings. The Balaban J connectivity index is 2.82. The molecular weight excluding hydrogens is 307 g/mol. The predicted octanol–water partition coefficient (Wildman–Crippen LogP) is 4.43. The molecule has 23 heavy (non-hydrogen) atoms. The molecule has 0 aliphatic carbocycles. The van der Waals surface area contributed by atoms with Gasteiger partial charge in [0.2, 0.25) is 0 Å². The summed E-state index contributed by atoms with van der Waals surface area (Å²) in [6.07, 6.45) is -0.0359. The van der Waals surface area contributed by atoms with Gasteiger partial charge in [-0.15, -0.1) is 0 Å². The molecule has 0 aliphatic heterocycles. The first-order valence-electron chi connectivity index (χ1n) is 8.20. The number of hydrogen-bond acceptors (Lipinski definition) is 3. The van der Waals surface area contributed by atoms with Crippen molar-refractivity contribution in [2.45, 2.75) is 33.8 Å². The average molecular weight is 334 g/mol. The summed E-state index contributed by atoms with van der Waals surface area (Å²) in [5.41, 5.74) is 0. The Labute approximate surface area is 139 Å². The Bertz CT molecular complexity index is 549. The van der Waals surface area contributed by atoms with E-state index in [1.807, 2.05) is 88.4 Å². The quantitative estimate of drug-likeness (QED) is 0.668. The van der Waals surface area contributed by atoms with Crippen molar-refractivity contribution in [2.75, 3.05) is 13.2 Å². The molecule has 2 aromatic rings. The summed E-state index contributed by atoms with van der Waals surface area (Å²) >= 11 is 0. The van der Waals surface area contributed by atoms with E-state index in [1.54, 1.807) is 0 Å². The number of rotatable bonds is 8. The fraction of sp³-hybridized carbons (Fsp3) is 0.368. The molecule has 2 rings (SSSR count). The standard InChI is InChI=1S/C19H27O3P/c1-5-20-23(21-6-2,22-17(3)4,18-13-9-7-10-14-18)19-15-11-8-12-16-19/h7-17H,5-6H2,1-4H3. The summed E-state index contributed by atoms with van der Waals surface area (Å²) in [4.78, 5) is 0. The second kappa shape index (κ2) is 7.55. The predicted molar refractivity (Wildman–Crippen MR) is 98.5 cm³/mol. The molecule has 0 radical (unpaired) electrons. The van der Waals surface area contributed by atoms with Crippen LogP contribution in [0.15, 0.2) is 60.7 Å². The van der Waals surface area contributed by atoms with Gasteiger partial charge >= 0.3 is 139 Å². The molecule has 4 heteroatoms. The normalized spacial score (nSPS) is 13.7. The summed E-state index contributed by atoms with van der Waals surface area (Å²) in [6, 6.07) is 20.2. The van der Waals surface area contributed by atoms with Crippen molar-refractivity contribution in [2.24, 2.45) is 0 Å². The van der Waals surface area contributed by atoms with Crippen LogP contribution in [0.5, 0.6) is 0 Å². The minimum atomic E-state index is -3.66. The molecule has 0 bridgehead atoms. The Kier molecular flexibility index (Phi) is 5.94. The Hall–Kier alpha value is -1.25. The van der Waals surface area contributed by atoms with Crippen LogP contribution in [0, 0.1) is 0 Å². The molecular formula is C19H27O3P. The molecule has 0 aromatic heterocycles. The van der Waals surface area contributed by atoms with Crippen LogP contribution in [-0.4, -0.2) is 19.3 Å². The first-order chi connectivity index (χ1) is 11.1. The fourth-order valence-electron chi connectivity index (χ4n) is 2.89. The molecule has 126 valence electrons. The van der Waals surface area contributed by atoms with E-state index in [1.165, 1.54) is 0 Å². The zero-order chi connectivity index (χ0) is 16.8. The van der Waals surface area contributed by atoms with Crippen molar-refractivity contribution < 1.29 is 13.6 Å². The monoisotopic (exact) mass is 334 g/mol. The van der Waals surface area contributed by atoms with E-state index < -0.39 is 7.28 Å². The number of benzene rings is 2. The van der Waals surface area contributed by atoms with Crippen molar-refractivity contribution in [1.82, 2.24) is 0 Å². The van der Waals surface area contributed by atoms with E-state index in [4.69, 9.17) is 13.6 Å². The number of hydrogen-bond donors (Lipinski definition) is 0. The molecule has 0 unspecified atom stereocenters. The summed E-state index contributed by atoms with van der Waals surface area (Å²) in [6.45, 7) is 9.02. The van der Waals surface area contributed by atoms with Gasteiger partial charge in [0.05, 0.1) is 0 Å². The van der Waals surface area contributed by atoms with Gasteiger partial charge in [-0.1, -0.05) is 0 Å². The Morgan fingerprint density at radius 1 is 0.739 bits per heavy atom. The van der Waals surface area contributed by atoms with E-state index >= 15 is 0 Å². The van der Waals surface area contributed by atoms with Crippen molar-refractivity contribution >= 4 is 17.9 Å². The topological polar surface area (TPSA) is 27.7 Å². The van der Waals surface area contributed by atoms with Gasteiger partial charge in [0.15, 0.2) is 0 Å². The van der Waals surface area contributed by atoms with Gasteiger partial charge < -0.3 is 0 Å². The van der Waals surface area contributed by atoms with Gasteiger partial charge in [-0.25, -0.2) is 0 Å². The van der Waals surface area contributed by atoms with Crippen LogP contribution < -0.4 is 10.6 Å². The van der Waals surface area contributed by atoms with Gasteiger partial charge in [0.1, 0.15) is 0 Å². The van der Waals surface area contributed by atoms with Crippen LogP contribution >= 0.6 is 7.28 Å². The van der Waals surface area contributed by atoms with Gasteiger partial charge in [0.25, 0.3) is 0 Å². The molecule has 0 saturated heterocycles. The van der Waals surface area contributed by atoms with Crippen molar-refractivity contribution in [3.63, 3.8) is 0 Å². The Morgan fingerprint density at radius 2 is 1.13 bits per heavy atom. The van der Waals surface area contributed by atoms with Gasteiger partial charge in [-0.05, 0) is 0 Å². The first-order valence-corrected chi connectivity index (χ1v) is 10.2. The van der Waals surface area contributed by atoms with Crippen molar-refractivity contribution in [3.05, 3.63) is 60.7 Å². The zero-order valence-corrected chi connectivity index (χ0v) is 15.3. The summed E-state index contributed by atoms with van der Waals surface area (Å²) in [5, 5.41) is 1.92. The van der Waals surface area contributed by atoms with Crippen LogP contribution in [0.4, 0.5) is 0 Å². The second-order valence-electron chi connectivity index (χ2n) is 5.54. The molecule has 0 spiro atoms. The molecule has 0 saturated carbocycles. The van der Waals surface area contributed by atoms with Crippen LogP contribution in [0.1, 0.15) is 27.7 Å². The third kappa shape index (κ3) is 3.34. The SMILES string of the molecule is CCOP(OCC)(OC(C)C)(c1ccccc1)c1ccccc1. The summed E-state index contributed by atoms with van der Waals surface area (Å²) in [7, 11) is -3.66. The van der Waals surface area contributed by atoms with E-state index in [9.17, 15) is 0 Å². The molecule has 0 heterocycles. The Morgan fingerprint density at radius 3 is 1.43 bits per heavy atom. The van der Waals surface area contributed by atoms with E-state index in [-0.39, 0.29) is 6.10 Å². The summed E-state index contributed by atoms with van der Waals surface area (Å²) < 4.78 is 19.4. The minimum absolute atomic E-state index is 0.0359. The van der Waals surface area contributed by atoms with E-state index in [0.29, 0.717) is 13.2 Å². The van der Waals surface area contributed by atoms with Crippen LogP contribution in [0.3, 0.4) is 0 Å². The van der Waals surface area contributed by atoms with E-state index in [2.05, 4.69) is 0 Å². The van der Waals surface area contributed by atoms with Gasteiger partial charge in [-0.2, -0.15) is 0 Å². The molecule has 0 amide bonds. The third-order valence-electron chi connectivity index (χ3n) is 3.53. The third-order valence-corrected chi connectivity index (χ3v) is 8.17. The van der Waals surface area contributed by atoms with Crippen molar-refractivity contribution in [3.8, 4) is 0 Å². The van der Waals surface area contributed by atoms with Crippen molar-refractivity contribution in [1.29, 1.82) is 0 Å². The van der Waals surface area contributed by atoms with Gasteiger partial charge in [0, 0.05) is 0 Å². The first kappa shape index (κ1) is 18.1. The molecule has 2 aromatic carbocycles.